The lowest BCUT2D eigenvalue weighted by molar-refractivity contribution is -0.0895. The molecule has 4 rings (SSSR count). The molecule has 0 spiro atoms. The maximum Gasteiger partial charge on any atom is 0.139 e. The highest BCUT2D eigenvalue weighted by Crippen LogP contribution is 2.36. The van der Waals surface area contributed by atoms with Crippen molar-refractivity contribution < 1.29 is 18.9 Å². The third-order valence-corrected chi connectivity index (χ3v) is 8.09. The van der Waals surface area contributed by atoms with Crippen molar-refractivity contribution in [3.05, 3.63) is 108 Å². The minimum atomic E-state index is -0.317. The minimum absolute atomic E-state index is 0.291. The van der Waals surface area contributed by atoms with Crippen molar-refractivity contribution in [1.82, 2.24) is 4.90 Å². The van der Waals surface area contributed by atoms with Crippen LogP contribution in [0.5, 0.6) is 0 Å². The normalized spacial score (nSPS) is 20.9. The number of thioether (sulfide) groups is 1. The molecule has 1 aliphatic rings. The third-order valence-electron chi connectivity index (χ3n) is 6.47. The Morgan fingerprint density at radius 2 is 1.21 bits per heavy atom. The van der Waals surface area contributed by atoms with Crippen molar-refractivity contribution >= 4 is 28.3 Å². The summed E-state index contributed by atoms with van der Waals surface area (Å²) in [6.45, 7) is 7.76. The van der Waals surface area contributed by atoms with E-state index < -0.39 is 0 Å². The smallest absolute Gasteiger partial charge is 0.139 e. The molecule has 0 bridgehead atoms. The second-order valence-corrected chi connectivity index (χ2v) is 10.9. The lowest BCUT2D eigenvalue weighted by Gasteiger charge is -2.27. The SMILES string of the molecule is CCN(CC)C(=S)S[C@@H]1O[C@@H](COCc2ccccc2)[C@H](OCc2ccccc2)[C@H]1OCc1ccccc1. The molecule has 1 fully saturated rings. The maximum atomic E-state index is 6.59. The summed E-state index contributed by atoms with van der Waals surface area (Å²) in [5.74, 6) is 0. The summed E-state index contributed by atoms with van der Waals surface area (Å²) in [6, 6.07) is 30.5. The van der Waals surface area contributed by atoms with Crippen LogP contribution in [0.25, 0.3) is 0 Å². The van der Waals surface area contributed by atoms with Gasteiger partial charge in [0.05, 0.1) is 26.4 Å². The molecular formula is C31H37NO4S2. The van der Waals surface area contributed by atoms with E-state index in [0.29, 0.717) is 26.4 Å². The van der Waals surface area contributed by atoms with Gasteiger partial charge in [-0.05, 0) is 30.5 Å². The fourth-order valence-corrected chi connectivity index (χ4v) is 6.07. The van der Waals surface area contributed by atoms with Gasteiger partial charge in [-0.3, -0.25) is 0 Å². The predicted molar refractivity (Wildman–Crippen MR) is 158 cm³/mol. The van der Waals surface area contributed by atoms with Gasteiger partial charge >= 0.3 is 0 Å². The average molecular weight is 552 g/mol. The predicted octanol–water partition coefficient (Wildman–Crippen LogP) is 6.46. The van der Waals surface area contributed by atoms with E-state index in [0.717, 1.165) is 34.1 Å². The van der Waals surface area contributed by atoms with E-state index in [9.17, 15) is 0 Å². The quantitative estimate of drug-likeness (QED) is 0.226. The number of rotatable bonds is 13. The largest absolute Gasteiger partial charge is 0.374 e. The lowest BCUT2D eigenvalue weighted by atomic mass is 10.1. The summed E-state index contributed by atoms with van der Waals surface area (Å²) in [5, 5.41) is 0. The second-order valence-electron chi connectivity index (χ2n) is 9.12. The van der Waals surface area contributed by atoms with Crippen molar-refractivity contribution in [2.45, 2.75) is 57.4 Å². The molecule has 5 nitrogen and oxygen atoms in total. The fourth-order valence-electron chi connectivity index (χ4n) is 4.35. The van der Waals surface area contributed by atoms with Crippen LogP contribution in [0, 0.1) is 0 Å². The van der Waals surface area contributed by atoms with Crippen LogP contribution in [0.4, 0.5) is 0 Å². The molecule has 0 amide bonds. The fraction of sp³-hybridized carbons (Fsp3) is 0.387. The average Bonchev–Trinajstić information content (AvgIpc) is 3.28. The number of benzene rings is 3. The van der Waals surface area contributed by atoms with E-state index in [-0.39, 0.29) is 23.7 Å². The highest BCUT2D eigenvalue weighted by Gasteiger charge is 2.47. The van der Waals surface area contributed by atoms with Gasteiger partial charge < -0.3 is 23.8 Å². The molecule has 3 aromatic rings. The molecule has 0 aromatic heterocycles. The Bertz CT molecular complexity index is 1080. The molecule has 38 heavy (non-hydrogen) atoms. The van der Waals surface area contributed by atoms with Crippen molar-refractivity contribution in [2.24, 2.45) is 0 Å². The Labute approximate surface area is 236 Å². The summed E-state index contributed by atoms with van der Waals surface area (Å²) < 4.78 is 26.6. The van der Waals surface area contributed by atoms with Crippen LogP contribution in [0.1, 0.15) is 30.5 Å². The van der Waals surface area contributed by atoms with Crippen LogP contribution in [0.3, 0.4) is 0 Å². The van der Waals surface area contributed by atoms with E-state index in [2.05, 4.69) is 55.1 Å². The maximum absolute atomic E-state index is 6.59. The van der Waals surface area contributed by atoms with Crippen molar-refractivity contribution in [3.63, 3.8) is 0 Å². The van der Waals surface area contributed by atoms with Gasteiger partial charge in [-0.15, -0.1) is 0 Å². The van der Waals surface area contributed by atoms with Crippen molar-refractivity contribution in [3.8, 4) is 0 Å². The Balaban J connectivity index is 1.51. The molecule has 1 saturated heterocycles. The van der Waals surface area contributed by atoms with Gasteiger partial charge in [0, 0.05) is 13.1 Å². The number of hydrogen-bond donors (Lipinski definition) is 0. The first-order valence-electron chi connectivity index (χ1n) is 13.2. The molecular weight excluding hydrogens is 514 g/mol. The van der Waals surface area contributed by atoms with E-state index in [1.54, 1.807) is 11.8 Å². The lowest BCUT2D eigenvalue weighted by Crippen LogP contribution is -2.39. The standard InChI is InChI=1S/C31H37NO4S2/c1-3-32(4-2)31(37)38-30-29(35-22-26-18-12-7-13-19-26)28(34-21-25-16-10-6-11-17-25)27(36-30)23-33-20-24-14-8-5-9-15-24/h5-19,27-30H,3-4,20-23H2,1-2H3/t27-,28-,29+,30-/m0/s1. The van der Waals surface area contributed by atoms with Gasteiger partial charge in [0.1, 0.15) is 28.1 Å². The van der Waals surface area contributed by atoms with Crippen molar-refractivity contribution in [2.75, 3.05) is 19.7 Å². The highest BCUT2D eigenvalue weighted by atomic mass is 32.2. The van der Waals surface area contributed by atoms with Gasteiger partial charge in [-0.1, -0.05) is 115 Å². The van der Waals surface area contributed by atoms with Crippen molar-refractivity contribution in [1.29, 1.82) is 0 Å². The summed E-state index contributed by atoms with van der Waals surface area (Å²) in [4.78, 5) is 2.16. The van der Waals surface area contributed by atoms with Gasteiger partial charge in [0.15, 0.2) is 0 Å². The molecule has 0 saturated carbocycles. The van der Waals surface area contributed by atoms with E-state index in [1.807, 2.05) is 54.6 Å². The zero-order valence-electron chi connectivity index (χ0n) is 22.1. The highest BCUT2D eigenvalue weighted by molar-refractivity contribution is 8.23. The van der Waals surface area contributed by atoms with Gasteiger partial charge in [-0.2, -0.15) is 0 Å². The Morgan fingerprint density at radius 1 is 0.737 bits per heavy atom. The zero-order valence-corrected chi connectivity index (χ0v) is 23.7. The molecule has 202 valence electrons. The van der Waals surface area contributed by atoms with Crippen LogP contribution in [0.15, 0.2) is 91.0 Å². The van der Waals surface area contributed by atoms with E-state index in [4.69, 9.17) is 31.2 Å². The first-order valence-corrected chi connectivity index (χ1v) is 14.5. The Morgan fingerprint density at radius 3 is 1.71 bits per heavy atom. The van der Waals surface area contributed by atoms with Gasteiger partial charge in [-0.25, -0.2) is 0 Å². The number of ether oxygens (including phenoxy) is 4. The second kappa shape index (κ2) is 15.4. The molecule has 1 aliphatic heterocycles. The Kier molecular flexibility index (Phi) is 11.6. The zero-order chi connectivity index (χ0) is 26.6. The minimum Gasteiger partial charge on any atom is -0.374 e. The Hall–Kier alpha value is -2.26. The summed E-state index contributed by atoms with van der Waals surface area (Å²) in [6.07, 6.45) is -0.922. The monoisotopic (exact) mass is 551 g/mol. The number of nitrogens with zero attached hydrogens (tertiary/aromatic N) is 1. The molecule has 4 atom stereocenters. The first-order chi connectivity index (χ1) is 18.7. The summed E-state index contributed by atoms with van der Waals surface area (Å²) >= 11 is 7.33. The van der Waals surface area contributed by atoms with Crippen LogP contribution in [-0.4, -0.2) is 52.7 Å². The van der Waals surface area contributed by atoms with Gasteiger partial charge in [0.25, 0.3) is 0 Å². The van der Waals surface area contributed by atoms with Crippen LogP contribution in [-0.2, 0) is 38.8 Å². The van der Waals surface area contributed by atoms with Gasteiger partial charge in [0.2, 0.25) is 0 Å². The molecule has 7 heteroatoms. The van der Waals surface area contributed by atoms with E-state index >= 15 is 0 Å². The van der Waals surface area contributed by atoms with E-state index in [1.165, 1.54) is 0 Å². The third kappa shape index (κ3) is 8.37. The molecule has 0 aliphatic carbocycles. The summed E-state index contributed by atoms with van der Waals surface area (Å²) in [7, 11) is 0. The molecule has 3 aromatic carbocycles. The summed E-state index contributed by atoms with van der Waals surface area (Å²) in [5.41, 5.74) is 3.02. The molecule has 1 heterocycles. The molecule has 0 N–H and O–H groups in total. The molecule has 0 radical (unpaired) electrons. The van der Waals surface area contributed by atoms with Crippen LogP contribution in [0.2, 0.25) is 0 Å². The van der Waals surface area contributed by atoms with Crippen LogP contribution < -0.4 is 0 Å². The number of thiocarbonyl (C=S) groups is 1. The molecule has 0 unspecified atom stereocenters. The first kappa shape index (κ1) is 28.7. The van der Waals surface area contributed by atoms with Crippen LogP contribution >= 0.6 is 24.0 Å². The topological polar surface area (TPSA) is 40.2 Å². The number of hydrogen-bond acceptors (Lipinski definition) is 6.